The van der Waals surface area contributed by atoms with Gasteiger partial charge in [-0.25, -0.2) is 9.37 Å². The summed E-state index contributed by atoms with van der Waals surface area (Å²) in [5.74, 6) is -0.158. The minimum atomic E-state index is -0.875. The second-order valence-electron chi connectivity index (χ2n) is 3.93. The smallest absolute Gasteiger partial charge is 0.307 e. The highest BCUT2D eigenvalue weighted by Gasteiger charge is 2.22. The van der Waals surface area contributed by atoms with Gasteiger partial charge in [-0.1, -0.05) is 6.07 Å². The maximum atomic E-state index is 13.0. The molecule has 0 unspecified atom stereocenters. The third-order valence-corrected chi connectivity index (χ3v) is 2.62. The highest BCUT2D eigenvalue weighted by molar-refractivity contribution is 5.70. The largest absolute Gasteiger partial charge is 0.481 e. The van der Waals surface area contributed by atoms with Crippen molar-refractivity contribution in [3.63, 3.8) is 0 Å². The van der Waals surface area contributed by atoms with Gasteiger partial charge < -0.3 is 10.0 Å². The highest BCUT2D eigenvalue weighted by Crippen LogP contribution is 2.19. The first-order chi connectivity index (χ1) is 7.65. The van der Waals surface area contributed by atoms with Gasteiger partial charge in [-0.05, 0) is 18.1 Å². The molecule has 1 N–H and O–H groups in total. The zero-order valence-electron chi connectivity index (χ0n) is 8.77. The molecule has 0 amide bonds. The van der Waals surface area contributed by atoms with Crippen molar-refractivity contribution in [2.45, 2.75) is 19.0 Å². The van der Waals surface area contributed by atoms with Crippen molar-refractivity contribution in [2.75, 3.05) is 18.0 Å². The van der Waals surface area contributed by atoms with Crippen LogP contribution in [0, 0.1) is 0 Å². The number of alkyl halides is 1. The normalized spacial score (nSPS) is 20.1. The topological polar surface area (TPSA) is 53.4 Å². The number of nitrogens with zero attached hydrogens (tertiary/aromatic N) is 2. The molecule has 1 atom stereocenters. The number of aromatic nitrogens is 1. The predicted octanol–water partition coefficient (Wildman–Crippen LogP) is 1.26. The molecule has 1 aliphatic heterocycles. The van der Waals surface area contributed by atoms with E-state index in [1.54, 1.807) is 12.1 Å². The molecule has 0 spiro atoms. The lowest BCUT2D eigenvalue weighted by Crippen LogP contribution is -2.21. The molecule has 4 nitrogen and oxygen atoms in total. The average Bonchev–Trinajstić information content (AvgIpc) is 2.65. The number of aliphatic carboxylic acids is 1. The minimum absolute atomic E-state index is 0.0288. The molecule has 1 aromatic rings. The van der Waals surface area contributed by atoms with Crippen molar-refractivity contribution in [1.82, 2.24) is 4.98 Å². The van der Waals surface area contributed by atoms with Gasteiger partial charge in [0.2, 0.25) is 0 Å². The lowest BCUT2D eigenvalue weighted by molar-refractivity contribution is -0.136. The van der Waals surface area contributed by atoms with Gasteiger partial charge in [0.25, 0.3) is 0 Å². The lowest BCUT2D eigenvalue weighted by Gasteiger charge is -2.15. The minimum Gasteiger partial charge on any atom is -0.481 e. The van der Waals surface area contributed by atoms with E-state index in [0.717, 1.165) is 0 Å². The van der Waals surface area contributed by atoms with Crippen LogP contribution < -0.4 is 4.90 Å². The van der Waals surface area contributed by atoms with Crippen LogP contribution in [-0.2, 0) is 11.2 Å². The summed E-state index contributed by atoms with van der Waals surface area (Å²) >= 11 is 0. The molecule has 0 saturated carbocycles. The van der Waals surface area contributed by atoms with Crippen LogP contribution in [0.15, 0.2) is 18.3 Å². The Morgan fingerprint density at radius 2 is 2.44 bits per heavy atom. The van der Waals surface area contributed by atoms with Gasteiger partial charge >= 0.3 is 5.97 Å². The summed E-state index contributed by atoms with van der Waals surface area (Å²) in [4.78, 5) is 16.5. The molecule has 86 valence electrons. The Labute approximate surface area is 92.7 Å². The molecule has 0 aromatic carbocycles. The maximum Gasteiger partial charge on any atom is 0.307 e. The molecule has 1 fully saturated rings. The van der Waals surface area contributed by atoms with Gasteiger partial charge in [-0.3, -0.25) is 4.79 Å². The van der Waals surface area contributed by atoms with Crippen LogP contribution in [0.4, 0.5) is 10.2 Å². The number of carboxylic acids is 1. The Morgan fingerprint density at radius 1 is 1.62 bits per heavy atom. The molecule has 5 heteroatoms. The summed E-state index contributed by atoms with van der Waals surface area (Å²) < 4.78 is 13.0. The fraction of sp³-hybridized carbons (Fsp3) is 0.455. The van der Waals surface area contributed by atoms with Crippen molar-refractivity contribution < 1.29 is 14.3 Å². The van der Waals surface area contributed by atoms with E-state index < -0.39 is 12.1 Å². The van der Waals surface area contributed by atoms with E-state index in [4.69, 9.17) is 5.11 Å². The van der Waals surface area contributed by atoms with Crippen LogP contribution >= 0.6 is 0 Å². The predicted molar refractivity (Wildman–Crippen MR) is 57.3 cm³/mol. The van der Waals surface area contributed by atoms with Gasteiger partial charge in [0.1, 0.15) is 12.0 Å². The van der Waals surface area contributed by atoms with Gasteiger partial charge in [-0.2, -0.15) is 0 Å². The fourth-order valence-corrected chi connectivity index (χ4v) is 1.81. The zero-order valence-corrected chi connectivity index (χ0v) is 8.77. The van der Waals surface area contributed by atoms with Crippen molar-refractivity contribution in [3.05, 3.63) is 23.9 Å². The van der Waals surface area contributed by atoms with Crippen LogP contribution in [-0.4, -0.2) is 35.3 Å². The molecule has 1 aromatic heterocycles. The van der Waals surface area contributed by atoms with E-state index in [-0.39, 0.29) is 6.42 Å². The summed E-state index contributed by atoms with van der Waals surface area (Å²) in [5.41, 5.74) is 0.659. The molecule has 0 aliphatic carbocycles. The van der Waals surface area contributed by atoms with Crippen molar-refractivity contribution in [2.24, 2.45) is 0 Å². The molecule has 2 rings (SSSR count). The number of hydrogen-bond acceptors (Lipinski definition) is 3. The third-order valence-electron chi connectivity index (χ3n) is 2.62. The number of carbonyl (C=O) groups is 1. The summed E-state index contributed by atoms with van der Waals surface area (Å²) in [7, 11) is 0. The number of halogens is 1. The van der Waals surface area contributed by atoms with Crippen LogP contribution in [0.25, 0.3) is 0 Å². The first kappa shape index (κ1) is 10.9. The Balaban J connectivity index is 2.04. The van der Waals surface area contributed by atoms with E-state index in [1.165, 1.54) is 6.20 Å². The Hall–Kier alpha value is -1.65. The Kier molecular flexibility index (Phi) is 3.03. The van der Waals surface area contributed by atoms with Gasteiger partial charge in [0.15, 0.2) is 0 Å². The van der Waals surface area contributed by atoms with E-state index >= 15 is 0 Å². The number of hydrogen-bond donors (Lipinski definition) is 1. The molecular formula is C11H13FN2O2. The van der Waals surface area contributed by atoms with Crippen LogP contribution in [0.1, 0.15) is 12.0 Å². The highest BCUT2D eigenvalue weighted by atomic mass is 19.1. The summed E-state index contributed by atoms with van der Waals surface area (Å²) in [6.45, 7) is 1.05. The first-order valence-corrected chi connectivity index (χ1v) is 5.21. The van der Waals surface area contributed by atoms with Gasteiger partial charge in [-0.15, -0.1) is 0 Å². The molecule has 0 radical (unpaired) electrons. The fourth-order valence-electron chi connectivity index (χ4n) is 1.81. The van der Waals surface area contributed by atoms with E-state index in [2.05, 4.69) is 4.98 Å². The molecule has 2 heterocycles. The third kappa shape index (κ3) is 2.48. The monoisotopic (exact) mass is 224 g/mol. The van der Waals surface area contributed by atoms with Crippen molar-refractivity contribution in [1.29, 1.82) is 0 Å². The summed E-state index contributed by atoms with van der Waals surface area (Å²) in [6.07, 6.45) is 1.27. The van der Waals surface area contributed by atoms with Crippen LogP contribution in [0.3, 0.4) is 0 Å². The molecule has 1 aliphatic rings. The van der Waals surface area contributed by atoms with E-state index in [0.29, 0.717) is 30.9 Å². The van der Waals surface area contributed by atoms with Gasteiger partial charge in [0.05, 0.1) is 13.0 Å². The molecule has 0 bridgehead atoms. The second kappa shape index (κ2) is 4.47. The zero-order chi connectivity index (χ0) is 11.5. The average molecular weight is 224 g/mol. The maximum absolute atomic E-state index is 13.0. The lowest BCUT2D eigenvalue weighted by atomic mass is 10.2. The Bertz CT molecular complexity index is 380. The number of rotatable bonds is 3. The van der Waals surface area contributed by atoms with Gasteiger partial charge in [0, 0.05) is 12.7 Å². The number of anilines is 1. The van der Waals surface area contributed by atoms with Crippen LogP contribution in [0.2, 0.25) is 0 Å². The first-order valence-electron chi connectivity index (χ1n) is 5.21. The second-order valence-corrected chi connectivity index (χ2v) is 3.93. The number of carboxylic acid groups (broad SMARTS) is 1. The molecular weight excluding hydrogens is 211 g/mol. The van der Waals surface area contributed by atoms with E-state index in [9.17, 15) is 9.18 Å². The van der Waals surface area contributed by atoms with Crippen LogP contribution in [0.5, 0.6) is 0 Å². The number of pyridine rings is 1. The molecule has 16 heavy (non-hydrogen) atoms. The standard InChI is InChI=1S/C11H13FN2O2/c12-9-3-4-14(7-9)10-2-1-8(6-13-10)5-11(15)16/h1-2,6,9H,3-5,7H2,(H,15,16)/t9-/m1/s1. The molecule has 1 saturated heterocycles. The summed E-state index contributed by atoms with van der Waals surface area (Å²) in [6, 6.07) is 3.47. The quantitative estimate of drug-likeness (QED) is 0.839. The SMILES string of the molecule is O=C(O)Cc1ccc(N2CC[C@@H](F)C2)nc1. The van der Waals surface area contributed by atoms with Crippen molar-refractivity contribution >= 4 is 11.8 Å². The Morgan fingerprint density at radius 3 is 2.94 bits per heavy atom. The van der Waals surface area contributed by atoms with E-state index in [1.807, 2.05) is 4.90 Å². The summed E-state index contributed by atoms with van der Waals surface area (Å²) in [5, 5.41) is 8.59. The van der Waals surface area contributed by atoms with Crippen molar-refractivity contribution in [3.8, 4) is 0 Å².